The van der Waals surface area contributed by atoms with Crippen molar-refractivity contribution in [2.45, 2.75) is 6.42 Å². The van der Waals surface area contributed by atoms with Crippen LogP contribution in [0.4, 0.5) is 11.4 Å². The van der Waals surface area contributed by atoms with Crippen LogP contribution in [0, 0.1) is 0 Å². The third-order valence-corrected chi connectivity index (χ3v) is 8.92. The number of hydrogen-bond acceptors (Lipinski definition) is 4. The summed E-state index contributed by atoms with van der Waals surface area (Å²) in [5, 5.41) is 5.77. The smallest absolute Gasteiger partial charge is 0.262 e. The number of halogens is 2. The quantitative estimate of drug-likeness (QED) is 0.130. The highest BCUT2D eigenvalue weighted by atomic mass is 79.9. The Hall–Kier alpha value is -5.18. The molecule has 6 nitrogen and oxygen atoms in total. The van der Waals surface area contributed by atoms with E-state index in [0.29, 0.717) is 29.3 Å². The average molecular weight is 777 g/mol. The van der Waals surface area contributed by atoms with Crippen molar-refractivity contribution < 1.29 is 19.1 Å². The molecule has 0 heterocycles. The lowest BCUT2D eigenvalue weighted by atomic mass is 10.0. The maximum absolute atomic E-state index is 12.6. The van der Waals surface area contributed by atoms with Crippen LogP contribution in [0.5, 0.6) is 11.5 Å². The molecule has 0 aliphatic heterocycles. The predicted molar refractivity (Wildman–Crippen MR) is 203 cm³/mol. The summed E-state index contributed by atoms with van der Waals surface area (Å²) >= 11 is 7.11. The fourth-order valence-corrected chi connectivity index (χ4v) is 6.17. The van der Waals surface area contributed by atoms with Gasteiger partial charge in [-0.05, 0) is 120 Å². The Morgan fingerprint density at radius 2 is 0.857 bits per heavy atom. The molecule has 6 aromatic carbocycles. The number of carbonyl (C=O) groups is 2. The summed E-state index contributed by atoms with van der Waals surface area (Å²) in [5.74, 6) is 0.705. The zero-order chi connectivity index (χ0) is 34.0. The van der Waals surface area contributed by atoms with E-state index in [9.17, 15) is 9.59 Å². The number of amides is 2. The van der Waals surface area contributed by atoms with Gasteiger partial charge in [0.15, 0.2) is 13.2 Å². The molecule has 2 amide bonds. The Labute approximate surface area is 302 Å². The van der Waals surface area contributed by atoms with E-state index in [1.54, 1.807) is 0 Å². The van der Waals surface area contributed by atoms with Crippen molar-refractivity contribution in [3.8, 4) is 33.8 Å². The van der Waals surface area contributed by atoms with E-state index in [4.69, 9.17) is 9.47 Å². The Morgan fingerprint density at radius 1 is 0.469 bits per heavy atom. The molecule has 0 saturated heterocycles. The molecule has 244 valence electrons. The summed E-state index contributed by atoms with van der Waals surface area (Å²) in [7, 11) is 0. The van der Waals surface area contributed by atoms with Gasteiger partial charge in [-0.15, -0.1) is 0 Å². The molecule has 6 rings (SSSR count). The first-order valence-corrected chi connectivity index (χ1v) is 17.2. The van der Waals surface area contributed by atoms with Gasteiger partial charge in [0, 0.05) is 11.4 Å². The molecule has 0 aromatic heterocycles. The van der Waals surface area contributed by atoms with Crippen molar-refractivity contribution >= 4 is 55.0 Å². The van der Waals surface area contributed by atoms with E-state index in [1.165, 1.54) is 0 Å². The van der Waals surface area contributed by atoms with E-state index in [2.05, 4.69) is 42.5 Å². The fraction of sp³-hybridized carbons (Fsp3) is 0.0732. The lowest BCUT2D eigenvalue weighted by Gasteiger charge is -2.11. The molecule has 8 heteroatoms. The minimum Gasteiger partial charge on any atom is -0.483 e. The number of carbonyl (C=O) groups excluding carboxylic acids is 2. The Morgan fingerprint density at radius 3 is 1.22 bits per heavy atom. The average Bonchev–Trinajstić information content (AvgIpc) is 3.13. The van der Waals surface area contributed by atoms with Crippen LogP contribution in [0.3, 0.4) is 0 Å². The normalized spacial score (nSPS) is 10.7. The van der Waals surface area contributed by atoms with E-state index in [1.807, 2.05) is 146 Å². The highest BCUT2D eigenvalue weighted by Gasteiger charge is 2.10. The molecule has 0 saturated carbocycles. The summed E-state index contributed by atoms with van der Waals surface area (Å²) in [6.45, 7) is -0.223. The van der Waals surface area contributed by atoms with E-state index >= 15 is 0 Å². The van der Waals surface area contributed by atoms with Crippen molar-refractivity contribution in [1.29, 1.82) is 0 Å². The molecule has 2 N–H and O–H groups in total. The van der Waals surface area contributed by atoms with Gasteiger partial charge in [-0.3, -0.25) is 9.59 Å². The van der Waals surface area contributed by atoms with E-state index in [0.717, 1.165) is 42.3 Å². The molecule has 0 bridgehead atoms. The second kappa shape index (κ2) is 16.3. The van der Waals surface area contributed by atoms with E-state index < -0.39 is 0 Å². The molecule has 0 aliphatic rings. The zero-order valence-corrected chi connectivity index (χ0v) is 29.5. The van der Waals surface area contributed by atoms with Crippen molar-refractivity contribution in [1.82, 2.24) is 0 Å². The Balaban J connectivity index is 0.937. The molecule has 0 unspecified atom stereocenters. The molecule has 6 aromatic rings. The van der Waals surface area contributed by atoms with Crippen LogP contribution < -0.4 is 20.1 Å². The van der Waals surface area contributed by atoms with Gasteiger partial charge in [-0.2, -0.15) is 0 Å². The van der Waals surface area contributed by atoms with Crippen LogP contribution in [0.2, 0.25) is 0 Å². The van der Waals surface area contributed by atoms with Crippen molar-refractivity contribution in [2.75, 3.05) is 23.8 Å². The topological polar surface area (TPSA) is 76.7 Å². The minimum absolute atomic E-state index is 0.112. The Kier molecular flexibility index (Phi) is 11.2. The first-order chi connectivity index (χ1) is 23.9. The molecular formula is C41H32Br2N2O4. The van der Waals surface area contributed by atoms with Crippen LogP contribution in [-0.4, -0.2) is 25.0 Å². The number of nitrogens with one attached hydrogen (secondary N) is 2. The largest absolute Gasteiger partial charge is 0.483 e. The van der Waals surface area contributed by atoms with Gasteiger partial charge in [0.25, 0.3) is 11.8 Å². The van der Waals surface area contributed by atoms with Crippen molar-refractivity contribution in [3.05, 3.63) is 166 Å². The lowest BCUT2D eigenvalue weighted by molar-refractivity contribution is -0.118. The van der Waals surface area contributed by atoms with Gasteiger partial charge in [-0.25, -0.2) is 0 Å². The number of ether oxygens (including phenoxy) is 2. The first kappa shape index (κ1) is 33.7. The third-order valence-electron chi connectivity index (χ3n) is 7.68. The summed E-state index contributed by atoms with van der Waals surface area (Å²) in [5.41, 5.74) is 7.89. The van der Waals surface area contributed by atoms with Crippen LogP contribution in [0.15, 0.2) is 155 Å². The fourth-order valence-electron chi connectivity index (χ4n) is 5.18. The lowest BCUT2D eigenvalue weighted by Crippen LogP contribution is -2.20. The van der Waals surface area contributed by atoms with Crippen LogP contribution in [0.1, 0.15) is 11.1 Å². The Bertz CT molecular complexity index is 1890. The molecule has 0 atom stereocenters. The van der Waals surface area contributed by atoms with Gasteiger partial charge >= 0.3 is 0 Å². The minimum atomic E-state index is -0.247. The predicted octanol–water partition coefficient (Wildman–Crippen LogP) is 10.2. The number of anilines is 2. The standard InChI is InChI=1S/C41H32Br2N2O4/c42-36-24-32(30-7-3-1-4-8-30)15-21-38(36)48-26-40(46)44-34-17-11-28(12-18-34)23-29-13-19-35(20-14-29)45-41(47)27-49-39-22-16-33(25-37(39)43)31-9-5-2-6-10-31/h1-22,24-25H,23,26-27H2,(H,44,46)(H,45,47). The van der Waals surface area contributed by atoms with Crippen molar-refractivity contribution in [3.63, 3.8) is 0 Å². The highest BCUT2D eigenvalue weighted by Crippen LogP contribution is 2.32. The summed E-state index contributed by atoms with van der Waals surface area (Å²) in [4.78, 5) is 25.1. The molecular weight excluding hydrogens is 744 g/mol. The second-order valence-corrected chi connectivity index (χ2v) is 13.0. The highest BCUT2D eigenvalue weighted by molar-refractivity contribution is 9.11. The SMILES string of the molecule is O=C(COc1ccc(-c2ccccc2)cc1Br)Nc1ccc(Cc2ccc(NC(=O)COc3ccc(-c4ccccc4)cc3Br)cc2)cc1. The summed E-state index contributed by atoms with van der Waals surface area (Å²) < 4.78 is 13.1. The molecule has 0 spiro atoms. The molecule has 49 heavy (non-hydrogen) atoms. The third kappa shape index (κ3) is 9.47. The maximum Gasteiger partial charge on any atom is 0.262 e. The van der Waals surface area contributed by atoms with Gasteiger partial charge in [0.2, 0.25) is 0 Å². The van der Waals surface area contributed by atoms with Crippen LogP contribution >= 0.6 is 31.9 Å². The maximum atomic E-state index is 12.6. The molecule has 0 aliphatic carbocycles. The molecule has 0 fully saturated rings. The number of benzene rings is 6. The molecule has 0 radical (unpaired) electrons. The van der Waals surface area contributed by atoms with Gasteiger partial charge in [-0.1, -0.05) is 97.1 Å². The first-order valence-electron chi connectivity index (χ1n) is 15.6. The number of hydrogen-bond donors (Lipinski definition) is 2. The van der Waals surface area contributed by atoms with Gasteiger partial charge < -0.3 is 20.1 Å². The summed E-state index contributed by atoms with van der Waals surface area (Å²) in [6, 6.07) is 47.2. The second-order valence-electron chi connectivity index (χ2n) is 11.3. The van der Waals surface area contributed by atoms with Gasteiger partial charge in [0.1, 0.15) is 11.5 Å². The van der Waals surface area contributed by atoms with Crippen molar-refractivity contribution in [2.24, 2.45) is 0 Å². The van der Waals surface area contributed by atoms with Crippen LogP contribution in [-0.2, 0) is 16.0 Å². The number of rotatable bonds is 12. The van der Waals surface area contributed by atoms with Crippen LogP contribution in [0.25, 0.3) is 22.3 Å². The monoisotopic (exact) mass is 774 g/mol. The van der Waals surface area contributed by atoms with E-state index in [-0.39, 0.29) is 25.0 Å². The zero-order valence-electron chi connectivity index (χ0n) is 26.4. The van der Waals surface area contributed by atoms with Gasteiger partial charge in [0.05, 0.1) is 8.95 Å². The summed E-state index contributed by atoms with van der Waals surface area (Å²) in [6.07, 6.45) is 0.703.